The van der Waals surface area contributed by atoms with Crippen LogP contribution in [0.4, 0.5) is 11.4 Å². The summed E-state index contributed by atoms with van der Waals surface area (Å²) in [4.78, 5) is 14.8. The largest absolute Gasteiger partial charge is 0.478 e. The van der Waals surface area contributed by atoms with E-state index in [9.17, 15) is 9.90 Å². The van der Waals surface area contributed by atoms with Crippen LogP contribution in [0.1, 0.15) is 10.4 Å². The summed E-state index contributed by atoms with van der Waals surface area (Å²) in [6.45, 7) is 0. The number of aromatic carboxylic acids is 1. The highest BCUT2D eigenvalue weighted by Gasteiger charge is 2.17. The van der Waals surface area contributed by atoms with Crippen molar-refractivity contribution in [3.63, 3.8) is 0 Å². The molecule has 0 aliphatic heterocycles. The van der Waals surface area contributed by atoms with Crippen molar-refractivity contribution in [2.24, 2.45) is 0 Å². The Morgan fingerprint density at radius 2 is 1.47 bits per heavy atom. The molecule has 1 aromatic rings. The lowest BCUT2D eigenvalue weighted by molar-refractivity contribution is 0.0698. The van der Waals surface area contributed by atoms with Gasteiger partial charge in [0, 0.05) is 28.2 Å². The lowest BCUT2D eigenvalue weighted by Crippen LogP contribution is -2.19. The molecule has 4 nitrogen and oxygen atoms in total. The molecular formula is C11H16N2O2. The van der Waals surface area contributed by atoms with Gasteiger partial charge in [0.2, 0.25) is 0 Å². The van der Waals surface area contributed by atoms with E-state index in [1.807, 2.05) is 34.3 Å². The molecule has 0 spiro atoms. The Morgan fingerprint density at radius 1 is 1.07 bits per heavy atom. The minimum absolute atomic E-state index is 0.340. The van der Waals surface area contributed by atoms with Crippen LogP contribution in [0.25, 0.3) is 0 Å². The van der Waals surface area contributed by atoms with Gasteiger partial charge in [0.05, 0.1) is 11.4 Å². The topological polar surface area (TPSA) is 43.8 Å². The fraction of sp³-hybridized carbons (Fsp3) is 0.364. The average Bonchev–Trinajstić information content (AvgIpc) is 2.16. The first kappa shape index (κ1) is 11.4. The zero-order valence-electron chi connectivity index (χ0n) is 9.48. The van der Waals surface area contributed by atoms with Crippen LogP contribution in [-0.4, -0.2) is 39.3 Å². The quantitative estimate of drug-likeness (QED) is 0.817. The van der Waals surface area contributed by atoms with Crippen molar-refractivity contribution in [1.82, 2.24) is 0 Å². The average molecular weight is 208 g/mol. The molecule has 0 unspecified atom stereocenters. The van der Waals surface area contributed by atoms with E-state index in [0.29, 0.717) is 16.9 Å². The number of anilines is 2. The first-order valence-electron chi connectivity index (χ1n) is 4.66. The van der Waals surface area contributed by atoms with Gasteiger partial charge < -0.3 is 14.9 Å². The number of rotatable bonds is 3. The zero-order chi connectivity index (χ0) is 11.6. The smallest absolute Gasteiger partial charge is 0.339 e. The molecule has 1 aromatic carbocycles. The van der Waals surface area contributed by atoms with Crippen LogP contribution in [0.2, 0.25) is 0 Å². The minimum atomic E-state index is -0.900. The maximum atomic E-state index is 11.2. The molecule has 0 heterocycles. The molecule has 0 bridgehead atoms. The molecule has 0 saturated heterocycles. The summed E-state index contributed by atoms with van der Waals surface area (Å²) in [6, 6.07) is 5.46. The van der Waals surface area contributed by atoms with E-state index >= 15 is 0 Å². The van der Waals surface area contributed by atoms with Crippen molar-refractivity contribution in [1.29, 1.82) is 0 Å². The highest BCUT2D eigenvalue weighted by molar-refractivity contribution is 6.00. The number of carboxylic acid groups (broad SMARTS) is 1. The van der Waals surface area contributed by atoms with Crippen molar-refractivity contribution in [3.05, 3.63) is 23.8 Å². The minimum Gasteiger partial charge on any atom is -0.478 e. The van der Waals surface area contributed by atoms with Crippen LogP contribution in [0, 0.1) is 0 Å². The lowest BCUT2D eigenvalue weighted by Gasteiger charge is -2.21. The number of nitrogens with zero attached hydrogens (tertiary/aromatic N) is 2. The second kappa shape index (κ2) is 4.21. The van der Waals surface area contributed by atoms with E-state index in [4.69, 9.17) is 0 Å². The van der Waals surface area contributed by atoms with Gasteiger partial charge in [0.25, 0.3) is 0 Å². The third kappa shape index (κ3) is 2.21. The number of benzene rings is 1. The zero-order valence-corrected chi connectivity index (χ0v) is 9.48. The van der Waals surface area contributed by atoms with E-state index < -0.39 is 5.97 Å². The molecule has 0 aromatic heterocycles. The Labute approximate surface area is 89.7 Å². The monoisotopic (exact) mass is 208 g/mol. The second-order valence-electron chi connectivity index (χ2n) is 3.77. The van der Waals surface area contributed by atoms with Crippen LogP contribution in [-0.2, 0) is 0 Å². The van der Waals surface area contributed by atoms with Gasteiger partial charge in [-0.05, 0) is 12.1 Å². The van der Waals surface area contributed by atoms with E-state index in [-0.39, 0.29) is 0 Å². The van der Waals surface area contributed by atoms with E-state index in [2.05, 4.69) is 0 Å². The van der Waals surface area contributed by atoms with Gasteiger partial charge in [-0.1, -0.05) is 6.07 Å². The van der Waals surface area contributed by atoms with Gasteiger partial charge in [-0.25, -0.2) is 4.79 Å². The van der Waals surface area contributed by atoms with Crippen molar-refractivity contribution in [2.45, 2.75) is 0 Å². The van der Waals surface area contributed by atoms with Gasteiger partial charge in [-0.2, -0.15) is 0 Å². The third-order valence-electron chi connectivity index (χ3n) is 2.20. The number of hydrogen-bond donors (Lipinski definition) is 1. The van der Waals surface area contributed by atoms with E-state index in [1.165, 1.54) is 0 Å². The van der Waals surface area contributed by atoms with E-state index in [0.717, 1.165) is 0 Å². The maximum absolute atomic E-state index is 11.2. The molecule has 0 fully saturated rings. The number of carboxylic acids is 1. The van der Waals surface area contributed by atoms with Gasteiger partial charge in [-0.15, -0.1) is 0 Å². The van der Waals surface area contributed by atoms with Crippen molar-refractivity contribution in [2.75, 3.05) is 38.0 Å². The van der Waals surface area contributed by atoms with Gasteiger partial charge >= 0.3 is 5.97 Å². The van der Waals surface area contributed by atoms with Gasteiger partial charge in [-0.3, -0.25) is 0 Å². The Kier molecular flexibility index (Phi) is 3.19. The molecule has 0 aliphatic rings. The highest BCUT2D eigenvalue weighted by atomic mass is 16.4. The first-order chi connectivity index (χ1) is 6.95. The van der Waals surface area contributed by atoms with Crippen LogP contribution in [0.5, 0.6) is 0 Å². The molecule has 1 N–H and O–H groups in total. The van der Waals surface area contributed by atoms with E-state index in [1.54, 1.807) is 21.9 Å². The molecule has 0 saturated carbocycles. The normalized spacial score (nSPS) is 9.87. The van der Waals surface area contributed by atoms with Gasteiger partial charge in [0.1, 0.15) is 5.56 Å². The predicted octanol–water partition coefficient (Wildman–Crippen LogP) is 1.52. The summed E-state index contributed by atoms with van der Waals surface area (Å²) < 4.78 is 0. The summed E-state index contributed by atoms with van der Waals surface area (Å²) in [5.74, 6) is -0.900. The summed E-state index contributed by atoms with van der Waals surface area (Å²) in [7, 11) is 7.34. The molecule has 0 atom stereocenters. The van der Waals surface area contributed by atoms with Crippen LogP contribution < -0.4 is 9.80 Å². The molecule has 1 rings (SSSR count). The Bertz CT molecular complexity index is 347. The van der Waals surface area contributed by atoms with Crippen molar-refractivity contribution < 1.29 is 9.90 Å². The molecule has 4 heteroatoms. The fourth-order valence-electron chi connectivity index (χ4n) is 1.49. The highest BCUT2D eigenvalue weighted by Crippen LogP contribution is 2.27. The van der Waals surface area contributed by atoms with Gasteiger partial charge in [0.15, 0.2) is 0 Å². The summed E-state index contributed by atoms with van der Waals surface area (Å²) in [5, 5.41) is 9.19. The van der Waals surface area contributed by atoms with Crippen molar-refractivity contribution in [3.8, 4) is 0 Å². The molecular weight excluding hydrogens is 192 g/mol. The lowest BCUT2D eigenvalue weighted by atomic mass is 10.1. The molecule has 82 valence electrons. The summed E-state index contributed by atoms with van der Waals surface area (Å²) in [5.41, 5.74) is 1.77. The summed E-state index contributed by atoms with van der Waals surface area (Å²) in [6.07, 6.45) is 0. The Hall–Kier alpha value is -1.71. The SMILES string of the molecule is CN(C)c1cccc(N(C)C)c1C(=O)O. The molecule has 0 aliphatic carbocycles. The van der Waals surface area contributed by atoms with Crippen LogP contribution in [0.3, 0.4) is 0 Å². The molecule has 0 amide bonds. The predicted molar refractivity (Wildman–Crippen MR) is 62.1 cm³/mol. The Morgan fingerprint density at radius 3 is 1.73 bits per heavy atom. The Balaban J connectivity index is 3.42. The number of carbonyl (C=O) groups is 1. The number of hydrogen-bond acceptors (Lipinski definition) is 3. The molecule has 0 radical (unpaired) electrons. The summed E-state index contributed by atoms with van der Waals surface area (Å²) >= 11 is 0. The standard InChI is InChI=1S/C11H16N2O2/c1-12(2)8-6-5-7-9(13(3)4)10(8)11(14)15/h5-7H,1-4H3,(H,14,15). The maximum Gasteiger partial charge on any atom is 0.339 e. The van der Waals surface area contributed by atoms with Crippen LogP contribution >= 0.6 is 0 Å². The second-order valence-corrected chi connectivity index (χ2v) is 3.77. The first-order valence-corrected chi connectivity index (χ1v) is 4.66. The third-order valence-corrected chi connectivity index (χ3v) is 2.20. The fourth-order valence-corrected chi connectivity index (χ4v) is 1.49. The van der Waals surface area contributed by atoms with Crippen molar-refractivity contribution >= 4 is 17.3 Å². The van der Waals surface area contributed by atoms with Crippen LogP contribution in [0.15, 0.2) is 18.2 Å². The molecule has 15 heavy (non-hydrogen) atoms.